The highest BCUT2D eigenvalue weighted by atomic mass is 32.2. The summed E-state index contributed by atoms with van der Waals surface area (Å²) in [5.74, 6) is 1.31. The van der Waals surface area contributed by atoms with E-state index in [9.17, 15) is 4.79 Å². The van der Waals surface area contributed by atoms with Gasteiger partial charge in [-0.2, -0.15) is 0 Å². The van der Waals surface area contributed by atoms with Crippen molar-refractivity contribution < 1.29 is 4.79 Å². The lowest BCUT2D eigenvalue weighted by molar-refractivity contribution is -0.119. The Kier molecular flexibility index (Phi) is 7.74. The number of benzene rings is 2. The molecule has 1 atom stereocenters. The van der Waals surface area contributed by atoms with Gasteiger partial charge in [-0.1, -0.05) is 102 Å². The molecule has 0 radical (unpaired) electrons. The zero-order valence-electron chi connectivity index (χ0n) is 15.0. The van der Waals surface area contributed by atoms with Gasteiger partial charge in [-0.3, -0.25) is 4.79 Å². The van der Waals surface area contributed by atoms with Gasteiger partial charge >= 0.3 is 0 Å². The second kappa shape index (κ2) is 10.5. The number of aromatic nitrogens is 2. The summed E-state index contributed by atoms with van der Waals surface area (Å²) in [6.45, 7) is 2.09. The van der Waals surface area contributed by atoms with Crippen LogP contribution in [0.25, 0.3) is 0 Å². The second-order valence-corrected chi connectivity index (χ2v) is 9.49. The minimum absolute atomic E-state index is 0.00433. The van der Waals surface area contributed by atoms with Gasteiger partial charge in [0.25, 0.3) is 0 Å². The fourth-order valence-corrected chi connectivity index (χ4v) is 5.32. The molecule has 1 aromatic heterocycles. The summed E-state index contributed by atoms with van der Waals surface area (Å²) < 4.78 is 1.78. The average molecular weight is 416 g/mol. The Bertz CT molecular complexity index is 840. The number of amides is 1. The largest absolute Gasteiger partial charge is 0.348 e. The maximum Gasteiger partial charge on any atom is 0.230 e. The van der Waals surface area contributed by atoms with Crippen LogP contribution in [0, 0.1) is 0 Å². The molecular formula is C20H21N3OS3. The fraction of sp³-hybridized carbons (Fsp3) is 0.250. The molecule has 0 saturated heterocycles. The van der Waals surface area contributed by atoms with E-state index in [0.29, 0.717) is 5.75 Å². The van der Waals surface area contributed by atoms with E-state index < -0.39 is 0 Å². The molecular weight excluding hydrogens is 394 g/mol. The summed E-state index contributed by atoms with van der Waals surface area (Å²) in [4.78, 5) is 12.5. The number of carbonyl (C=O) groups is 1. The van der Waals surface area contributed by atoms with Crippen LogP contribution in [0.5, 0.6) is 0 Å². The molecule has 7 heteroatoms. The maximum atomic E-state index is 12.5. The van der Waals surface area contributed by atoms with E-state index in [2.05, 4.69) is 46.7 Å². The van der Waals surface area contributed by atoms with Gasteiger partial charge in [0, 0.05) is 0 Å². The summed E-state index contributed by atoms with van der Waals surface area (Å²) in [6.07, 6.45) is 0.761. The molecule has 4 nitrogen and oxygen atoms in total. The van der Waals surface area contributed by atoms with Crippen LogP contribution in [0.15, 0.2) is 69.3 Å². The van der Waals surface area contributed by atoms with Crippen molar-refractivity contribution in [2.24, 2.45) is 0 Å². The molecule has 0 aliphatic carbocycles. The Labute approximate surface area is 172 Å². The standard InChI is InChI=1S/C20H21N3OS3/c1-2-25-19-22-23-20(27-19)26-14-18(24)21-17(16-11-7-4-8-12-16)13-15-9-5-3-6-10-15/h3-12,17H,2,13-14H2,1H3,(H,21,24). The Morgan fingerprint density at radius 3 is 2.30 bits per heavy atom. The molecule has 27 heavy (non-hydrogen) atoms. The number of thioether (sulfide) groups is 2. The average Bonchev–Trinajstić information content (AvgIpc) is 3.15. The van der Waals surface area contributed by atoms with Crippen molar-refractivity contribution in [2.75, 3.05) is 11.5 Å². The van der Waals surface area contributed by atoms with Crippen LogP contribution in [0.1, 0.15) is 24.1 Å². The predicted octanol–water partition coefficient (Wildman–Crippen LogP) is 4.84. The minimum atomic E-state index is -0.0534. The van der Waals surface area contributed by atoms with Crippen molar-refractivity contribution in [3.05, 3.63) is 71.8 Å². The first kappa shape index (κ1) is 19.9. The number of carbonyl (C=O) groups excluding carboxylic acids is 1. The van der Waals surface area contributed by atoms with Gasteiger partial charge in [0.1, 0.15) is 0 Å². The molecule has 0 fully saturated rings. The molecule has 2 aromatic carbocycles. The number of hydrogen-bond donors (Lipinski definition) is 1. The summed E-state index contributed by atoms with van der Waals surface area (Å²) in [5, 5.41) is 11.4. The van der Waals surface area contributed by atoms with Gasteiger partial charge in [-0.05, 0) is 23.3 Å². The van der Waals surface area contributed by atoms with Crippen molar-refractivity contribution in [2.45, 2.75) is 28.1 Å². The lowest BCUT2D eigenvalue weighted by Gasteiger charge is -2.19. The maximum absolute atomic E-state index is 12.5. The molecule has 1 N–H and O–H groups in total. The van der Waals surface area contributed by atoms with E-state index in [0.717, 1.165) is 26.4 Å². The molecule has 1 unspecified atom stereocenters. The molecule has 0 aliphatic heterocycles. The third-order valence-corrected chi connectivity index (χ3v) is 6.87. The summed E-state index contributed by atoms with van der Waals surface area (Å²) in [7, 11) is 0. The van der Waals surface area contributed by atoms with E-state index in [1.54, 1.807) is 23.1 Å². The lowest BCUT2D eigenvalue weighted by atomic mass is 9.99. The summed E-state index contributed by atoms with van der Waals surface area (Å²) in [6, 6.07) is 20.3. The molecule has 1 heterocycles. The van der Waals surface area contributed by atoms with Crippen LogP contribution in [0.4, 0.5) is 0 Å². The summed E-state index contributed by atoms with van der Waals surface area (Å²) >= 11 is 4.65. The van der Waals surface area contributed by atoms with Crippen molar-refractivity contribution in [3.8, 4) is 0 Å². The normalized spacial score (nSPS) is 11.9. The molecule has 0 bridgehead atoms. The highest BCUT2D eigenvalue weighted by Crippen LogP contribution is 2.28. The van der Waals surface area contributed by atoms with Crippen LogP contribution in [0.3, 0.4) is 0 Å². The molecule has 0 saturated carbocycles. The second-order valence-electron chi connectivity index (χ2n) is 5.78. The Balaban J connectivity index is 1.61. The van der Waals surface area contributed by atoms with Gasteiger partial charge in [-0.15, -0.1) is 10.2 Å². The van der Waals surface area contributed by atoms with Crippen LogP contribution < -0.4 is 5.32 Å². The van der Waals surface area contributed by atoms with E-state index in [1.807, 2.05) is 36.4 Å². The van der Waals surface area contributed by atoms with E-state index in [4.69, 9.17) is 0 Å². The minimum Gasteiger partial charge on any atom is -0.348 e. The van der Waals surface area contributed by atoms with Crippen LogP contribution in [-0.4, -0.2) is 27.6 Å². The van der Waals surface area contributed by atoms with Gasteiger partial charge in [0.05, 0.1) is 11.8 Å². The number of nitrogens with zero attached hydrogens (tertiary/aromatic N) is 2. The third kappa shape index (κ3) is 6.37. The van der Waals surface area contributed by atoms with E-state index in [1.165, 1.54) is 17.3 Å². The molecule has 3 aromatic rings. The highest BCUT2D eigenvalue weighted by molar-refractivity contribution is 8.03. The quantitative estimate of drug-likeness (QED) is 0.507. The zero-order valence-corrected chi connectivity index (χ0v) is 17.4. The summed E-state index contributed by atoms with van der Waals surface area (Å²) in [5.41, 5.74) is 2.31. The fourth-order valence-electron chi connectivity index (χ4n) is 2.59. The number of rotatable bonds is 9. The molecule has 0 aliphatic rings. The first-order valence-electron chi connectivity index (χ1n) is 8.72. The molecule has 3 rings (SSSR count). The van der Waals surface area contributed by atoms with E-state index in [-0.39, 0.29) is 11.9 Å². The Hall–Kier alpha value is -1.83. The topological polar surface area (TPSA) is 54.9 Å². The van der Waals surface area contributed by atoms with Crippen molar-refractivity contribution >= 4 is 40.8 Å². The van der Waals surface area contributed by atoms with Crippen molar-refractivity contribution in [1.82, 2.24) is 15.5 Å². The highest BCUT2D eigenvalue weighted by Gasteiger charge is 2.16. The van der Waals surface area contributed by atoms with Crippen LogP contribution in [-0.2, 0) is 11.2 Å². The predicted molar refractivity (Wildman–Crippen MR) is 115 cm³/mol. The first-order chi connectivity index (χ1) is 13.2. The van der Waals surface area contributed by atoms with Crippen molar-refractivity contribution in [3.63, 3.8) is 0 Å². The molecule has 1 amide bonds. The third-order valence-electron chi connectivity index (χ3n) is 3.80. The molecule has 0 spiro atoms. The number of nitrogens with one attached hydrogen (secondary N) is 1. The van der Waals surface area contributed by atoms with Crippen LogP contribution >= 0.6 is 34.9 Å². The number of hydrogen-bond acceptors (Lipinski definition) is 6. The lowest BCUT2D eigenvalue weighted by Crippen LogP contribution is -2.31. The smallest absolute Gasteiger partial charge is 0.230 e. The van der Waals surface area contributed by atoms with Gasteiger partial charge in [0.2, 0.25) is 5.91 Å². The zero-order chi connectivity index (χ0) is 18.9. The Morgan fingerprint density at radius 2 is 1.63 bits per heavy atom. The van der Waals surface area contributed by atoms with E-state index >= 15 is 0 Å². The SMILES string of the molecule is CCSc1nnc(SCC(=O)NC(Cc2ccccc2)c2ccccc2)s1. The first-order valence-corrected chi connectivity index (χ1v) is 11.5. The van der Waals surface area contributed by atoms with Crippen LogP contribution in [0.2, 0.25) is 0 Å². The monoisotopic (exact) mass is 415 g/mol. The van der Waals surface area contributed by atoms with Gasteiger partial charge in [-0.25, -0.2) is 0 Å². The van der Waals surface area contributed by atoms with Crippen molar-refractivity contribution in [1.29, 1.82) is 0 Å². The van der Waals surface area contributed by atoms with Gasteiger partial charge in [0.15, 0.2) is 8.68 Å². The Morgan fingerprint density at radius 1 is 1.00 bits per heavy atom. The molecule has 140 valence electrons. The van der Waals surface area contributed by atoms with Gasteiger partial charge < -0.3 is 5.32 Å².